The maximum Gasteiger partial charge on any atom is 0.348 e. The third kappa shape index (κ3) is 3.08. The van der Waals surface area contributed by atoms with Crippen molar-refractivity contribution >= 4 is 28.1 Å². The van der Waals surface area contributed by atoms with Crippen LogP contribution >= 0.6 is 11.3 Å². The van der Waals surface area contributed by atoms with Gasteiger partial charge in [-0.15, -0.1) is 11.3 Å². The summed E-state index contributed by atoms with van der Waals surface area (Å²) in [7, 11) is 1.42. The number of fused-ring (bicyclic) bond motifs is 2. The zero-order valence-electron chi connectivity index (χ0n) is 16.7. The van der Waals surface area contributed by atoms with Gasteiger partial charge in [-0.1, -0.05) is 52.0 Å². The van der Waals surface area contributed by atoms with E-state index < -0.39 is 0 Å². The van der Waals surface area contributed by atoms with Crippen LogP contribution in [0.1, 0.15) is 61.3 Å². The van der Waals surface area contributed by atoms with E-state index >= 15 is 0 Å². The van der Waals surface area contributed by atoms with Crippen LogP contribution in [0.2, 0.25) is 0 Å². The molecular weight excluding hydrogens is 352 g/mol. The Morgan fingerprint density at radius 2 is 1.52 bits per heavy atom. The molecule has 2 nitrogen and oxygen atoms in total. The fourth-order valence-electron chi connectivity index (χ4n) is 4.19. The molecule has 3 aromatic rings. The highest BCUT2D eigenvalue weighted by Gasteiger charge is 2.37. The lowest BCUT2D eigenvalue weighted by Gasteiger charge is -2.42. The smallest absolute Gasteiger partial charge is 0.348 e. The fourth-order valence-corrected chi connectivity index (χ4v) is 5.02. The molecule has 1 aromatic heterocycles. The molecule has 27 heavy (non-hydrogen) atoms. The Morgan fingerprint density at radius 3 is 2.15 bits per heavy atom. The molecule has 0 amide bonds. The highest BCUT2D eigenvalue weighted by atomic mass is 32.1. The first-order chi connectivity index (χ1) is 12.7. The number of ether oxygens (including phenoxy) is 1. The SMILES string of the molecule is COC(=O)c1cc(-c2ccc3cc4c(cc3c2)C(C)(C)CCC4(C)C)cs1. The van der Waals surface area contributed by atoms with E-state index in [4.69, 9.17) is 4.74 Å². The summed E-state index contributed by atoms with van der Waals surface area (Å²) in [6.07, 6.45) is 2.44. The number of rotatable bonds is 2. The second-order valence-corrected chi connectivity index (χ2v) is 9.83. The van der Waals surface area contributed by atoms with E-state index in [0.29, 0.717) is 4.88 Å². The van der Waals surface area contributed by atoms with Gasteiger partial charge in [0, 0.05) is 0 Å². The number of hydrogen-bond donors (Lipinski definition) is 0. The monoisotopic (exact) mass is 378 g/mol. The second-order valence-electron chi connectivity index (χ2n) is 8.92. The number of esters is 1. The Balaban J connectivity index is 1.84. The first-order valence-electron chi connectivity index (χ1n) is 9.47. The molecule has 0 bridgehead atoms. The van der Waals surface area contributed by atoms with Crippen LogP contribution < -0.4 is 0 Å². The van der Waals surface area contributed by atoms with Gasteiger partial charge in [-0.05, 0) is 74.2 Å². The van der Waals surface area contributed by atoms with Gasteiger partial charge in [0.2, 0.25) is 0 Å². The van der Waals surface area contributed by atoms with Crippen LogP contribution in [-0.4, -0.2) is 13.1 Å². The van der Waals surface area contributed by atoms with Gasteiger partial charge in [0.1, 0.15) is 4.88 Å². The maximum absolute atomic E-state index is 11.8. The summed E-state index contributed by atoms with van der Waals surface area (Å²) in [6.45, 7) is 9.44. The van der Waals surface area contributed by atoms with Crippen molar-refractivity contribution in [2.75, 3.05) is 7.11 Å². The number of benzene rings is 2. The predicted molar refractivity (Wildman–Crippen MR) is 114 cm³/mol. The summed E-state index contributed by atoms with van der Waals surface area (Å²) in [6, 6.07) is 13.3. The summed E-state index contributed by atoms with van der Waals surface area (Å²) < 4.78 is 4.83. The number of carbonyl (C=O) groups is 1. The standard InChI is InChI=1S/C24H26O2S/c1-23(2)8-9-24(3,4)20-12-17-10-15(6-7-16(17)11-19(20)23)18-13-21(27-14-18)22(25)26-5/h6-7,10-14H,8-9H2,1-5H3. The minimum absolute atomic E-state index is 0.204. The molecule has 0 saturated heterocycles. The van der Waals surface area contributed by atoms with Gasteiger partial charge in [0.15, 0.2) is 0 Å². The van der Waals surface area contributed by atoms with E-state index in [0.717, 1.165) is 11.1 Å². The van der Waals surface area contributed by atoms with Crippen molar-refractivity contribution < 1.29 is 9.53 Å². The largest absolute Gasteiger partial charge is 0.465 e. The van der Waals surface area contributed by atoms with Gasteiger partial charge in [0.05, 0.1) is 7.11 Å². The number of carbonyl (C=O) groups excluding carboxylic acids is 1. The zero-order chi connectivity index (χ0) is 19.4. The number of thiophene rings is 1. The molecule has 1 aliphatic rings. The predicted octanol–water partition coefficient (Wildman–Crippen LogP) is 6.70. The third-order valence-electron chi connectivity index (χ3n) is 6.13. The van der Waals surface area contributed by atoms with Crippen LogP contribution in [0.15, 0.2) is 41.8 Å². The molecule has 1 aliphatic carbocycles. The van der Waals surface area contributed by atoms with Gasteiger partial charge >= 0.3 is 5.97 Å². The Hall–Kier alpha value is -2.13. The molecule has 0 aliphatic heterocycles. The average molecular weight is 379 g/mol. The normalized spacial score (nSPS) is 17.5. The molecule has 0 atom stereocenters. The van der Waals surface area contributed by atoms with Gasteiger partial charge in [-0.25, -0.2) is 4.79 Å². The lowest BCUT2D eigenvalue weighted by molar-refractivity contribution is 0.0606. The summed E-state index contributed by atoms with van der Waals surface area (Å²) >= 11 is 1.43. The molecule has 0 N–H and O–H groups in total. The molecule has 140 valence electrons. The topological polar surface area (TPSA) is 26.3 Å². The molecular formula is C24H26O2S. The molecule has 3 heteroatoms. The summed E-state index contributed by atoms with van der Waals surface area (Å²) in [5, 5.41) is 4.58. The highest BCUT2D eigenvalue weighted by Crippen LogP contribution is 2.47. The molecule has 0 fully saturated rings. The average Bonchev–Trinajstić information content (AvgIpc) is 3.14. The minimum Gasteiger partial charge on any atom is -0.465 e. The third-order valence-corrected chi connectivity index (χ3v) is 7.04. The Labute approximate surface area is 165 Å². The van der Waals surface area contributed by atoms with E-state index in [-0.39, 0.29) is 16.8 Å². The first-order valence-corrected chi connectivity index (χ1v) is 10.4. The van der Waals surface area contributed by atoms with E-state index in [1.54, 1.807) is 0 Å². The van der Waals surface area contributed by atoms with Crippen molar-refractivity contribution in [1.82, 2.24) is 0 Å². The molecule has 0 unspecified atom stereocenters. The molecule has 0 radical (unpaired) electrons. The maximum atomic E-state index is 11.8. The van der Waals surface area contributed by atoms with E-state index in [1.807, 2.05) is 11.4 Å². The molecule has 2 aromatic carbocycles. The Bertz CT molecular complexity index is 1040. The van der Waals surface area contributed by atoms with Gasteiger partial charge in [-0.2, -0.15) is 0 Å². The van der Waals surface area contributed by atoms with Gasteiger partial charge in [0.25, 0.3) is 0 Å². The minimum atomic E-state index is -0.273. The van der Waals surface area contributed by atoms with Gasteiger partial charge in [-0.3, -0.25) is 0 Å². The Morgan fingerprint density at radius 1 is 0.889 bits per heavy atom. The first kappa shape index (κ1) is 18.2. The zero-order valence-corrected chi connectivity index (χ0v) is 17.5. The van der Waals surface area contributed by atoms with Crippen LogP contribution in [0.5, 0.6) is 0 Å². The van der Waals surface area contributed by atoms with E-state index in [2.05, 4.69) is 58.0 Å². The molecule has 0 saturated carbocycles. The second kappa shape index (κ2) is 6.20. The van der Waals surface area contributed by atoms with Crippen molar-refractivity contribution in [3.8, 4) is 11.1 Å². The van der Waals surface area contributed by atoms with E-state index in [9.17, 15) is 4.79 Å². The lowest BCUT2D eigenvalue weighted by atomic mass is 9.63. The Kier molecular flexibility index (Phi) is 4.19. The molecule has 4 rings (SSSR count). The lowest BCUT2D eigenvalue weighted by Crippen LogP contribution is -2.33. The molecule has 0 spiro atoms. The summed E-state index contributed by atoms with van der Waals surface area (Å²) in [5.74, 6) is -0.273. The van der Waals surface area contributed by atoms with Crippen LogP contribution in [0.25, 0.3) is 21.9 Å². The van der Waals surface area contributed by atoms with Gasteiger partial charge < -0.3 is 4.74 Å². The van der Waals surface area contributed by atoms with Crippen molar-refractivity contribution in [2.24, 2.45) is 0 Å². The fraction of sp³-hybridized carbons (Fsp3) is 0.375. The number of hydrogen-bond acceptors (Lipinski definition) is 3. The molecule has 1 heterocycles. The van der Waals surface area contributed by atoms with E-state index in [1.165, 1.54) is 53.2 Å². The number of methoxy groups -OCH3 is 1. The van der Waals surface area contributed by atoms with Crippen LogP contribution in [-0.2, 0) is 15.6 Å². The quantitative estimate of drug-likeness (QED) is 0.464. The van der Waals surface area contributed by atoms with Crippen LogP contribution in [0, 0.1) is 0 Å². The van der Waals surface area contributed by atoms with Crippen LogP contribution in [0.4, 0.5) is 0 Å². The van der Waals surface area contributed by atoms with Crippen LogP contribution in [0.3, 0.4) is 0 Å². The van der Waals surface area contributed by atoms with Crippen molar-refractivity contribution in [3.05, 3.63) is 57.8 Å². The van der Waals surface area contributed by atoms with Crippen molar-refractivity contribution in [2.45, 2.75) is 51.4 Å². The van der Waals surface area contributed by atoms with Crippen molar-refractivity contribution in [3.63, 3.8) is 0 Å². The highest BCUT2D eigenvalue weighted by molar-refractivity contribution is 7.12. The summed E-state index contributed by atoms with van der Waals surface area (Å²) in [4.78, 5) is 12.4. The van der Waals surface area contributed by atoms with Crippen molar-refractivity contribution in [1.29, 1.82) is 0 Å². The summed E-state index contributed by atoms with van der Waals surface area (Å²) in [5.41, 5.74) is 5.60.